The Labute approximate surface area is 230 Å². The fourth-order valence-corrected chi connectivity index (χ4v) is 5.20. The molecule has 39 heavy (non-hydrogen) atoms. The summed E-state index contributed by atoms with van der Waals surface area (Å²) < 4.78 is 16.2. The molecule has 0 saturated carbocycles. The van der Waals surface area contributed by atoms with Gasteiger partial charge >= 0.3 is 11.9 Å². The van der Waals surface area contributed by atoms with Gasteiger partial charge in [0.15, 0.2) is 5.13 Å². The average Bonchev–Trinajstić information content (AvgIpc) is 3.46. The van der Waals surface area contributed by atoms with Crippen LogP contribution in [0.1, 0.15) is 59.2 Å². The Hall–Kier alpha value is -4.18. The molecule has 2 heterocycles. The lowest BCUT2D eigenvalue weighted by molar-refractivity contribution is -0.132. The predicted octanol–water partition coefficient (Wildman–Crippen LogP) is 5.44. The highest BCUT2D eigenvalue weighted by Gasteiger charge is 2.48. The van der Waals surface area contributed by atoms with Crippen LogP contribution in [-0.2, 0) is 14.3 Å². The van der Waals surface area contributed by atoms with Crippen molar-refractivity contribution < 1.29 is 33.7 Å². The van der Waals surface area contributed by atoms with E-state index in [-0.39, 0.29) is 21.3 Å². The smallest absolute Gasteiger partial charge is 0.350 e. The van der Waals surface area contributed by atoms with Gasteiger partial charge in [0.2, 0.25) is 0 Å². The topological polar surface area (TPSA) is 115 Å². The van der Waals surface area contributed by atoms with Gasteiger partial charge in [-0.3, -0.25) is 14.5 Å². The van der Waals surface area contributed by atoms with Gasteiger partial charge in [0.25, 0.3) is 5.78 Å². The number of thiazole rings is 1. The molecule has 0 spiro atoms. The van der Waals surface area contributed by atoms with Crippen LogP contribution in [0, 0.1) is 6.92 Å². The number of aliphatic hydroxyl groups is 1. The highest BCUT2D eigenvalue weighted by Crippen LogP contribution is 2.44. The van der Waals surface area contributed by atoms with E-state index < -0.39 is 23.7 Å². The van der Waals surface area contributed by atoms with E-state index in [4.69, 9.17) is 14.2 Å². The fourth-order valence-electron chi connectivity index (χ4n) is 4.19. The van der Waals surface area contributed by atoms with Crippen molar-refractivity contribution in [2.75, 3.05) is 25.2 Å². The molecule has 1 saturated heterocycles. The molecule has 1 amide bonds. The van der Waals surface area contributed by atoms with E-state index in [2.05, 4.69) is 4.98 Å². The maximum absolute atomic E-state index is 13.5. The summed E-state index contributed by atoms with van der Waals surface area (Å²) in [6, 6.07) is 12.7. The largest absolute Gasteiger partial charge is 0.507 e. The number of methoxy groups -OCH3 is 1. The van der Waals surface area contributed by atoms with Gasteiger partial charge < -0.3 is 19.3 Å². The number of amides is 1. The number of benzene rings is 2. The second-order valence-electron chi connectivity index (χ2n) is 8.87. The van der Waals surface area contributed by atoms with E-state index in [0.29, 0.717) is 41.5 Å². The van der Waals surface area contributed by atoms with Gasteiger partial charge in [0, 0.05) is 5.56 Å². The molecule has 2 aromatic carbocycles. The molecular formula is C29H30N2O7S. The molecule has 3 aromatic rings. The first-order valence-corrected chi connectivity index (χ1v) is 13.4. The van der Waals surface area contributed by atoms with Crippen LogP contribution < -0.4 is 14.4 Å². The number of ether oxygens (including phenoxy) is 3. The standard InChI is InChI=1S/C29H30N2O7S/c1-5-14-37-20-12-10-18(11-13-20)23-22(24(32)19-8-7-9-21(16-19)38-15-6-2)25(33)27(34)31(23)29-30-17(3)26(39-29)28(35)36-4/h7-13,16,23,32H,5-6,14-15H2,1-4H3. The van der Waals surface area contributed by atoms with E-state index in [1.54, 1.807) is 55.5 Å². The van der Waals surface area contributed by atoms with Gasteiger partial charge in [-0.2, -0.15) is 0 Å². The first-order valence-electron chi connectivity index (χ1n) is 12.6. The molecule has 0 bridgehead atoms. The van der Waals surface area contributed by atoms with Gasteiger partial charge in [-0.25, -0.2) is 9.78 Å². The lowest BCUT2D eigenvalue weighted by Crippen LogP contribution is -2.29. The van der Waals surface area contributed by atoms with E-state index in [1.165, 1.54) is 12.0 Å². The molecule has 4 rings (SSSR count). The third-order valence-corrected chi connectivity index (χ3v) is 7.19. The van der Waals surface area contributed by atoms with Crippen LogP contribution in [0.3, 0.4) is 0 Å². The molecule has 1 unspecified atom stereocenters. The van der Waals surface area contributed by atoms with Gasteiger partial charge in [-0.1, -0.05) is 49.4 Å². The number of aromatic nitrogens is 1. The number of anilines is 1. The number of esters is 1. The summed E-state index contributed by atoms with van der Waals surface area (Å²) in [6.45, 7) is 6.65. The molecule has 0 aliphatic carbocycles. The van der Waals surface area contributed by atoms with Crippen molar-refractivity contribution in [3.63, 3.8) is 0 Å². The van der Waals surface area contributed by atoms with Crippen LogP contribution in [-0.4, -0.2) is 48.1 Å². The molecule has 0 radical (unpaired) electrons. The SMILES string of the molecule is CCCOc1ccc(C2C(=C(O)c3cccc(OCCC)c3)C(=O)C(=O)N2c2nc(C)c(C(=O)OC)s2)cc1. The van der Waals surface area contributed by atoms with Crippen molar-refractivity contribution in [2.45, 2.75) is 39.7 Å². The minimum Gasteiger partial charge on any atom is -0.507 e. The maximum Gasteiger partial charge on any atom is 0.350 e. The first-order chi connectivity index (χ1) is 18.8. The highest BCUT2D eigenvalue weighted by atomic mass is 32.1. The van der Waals surface area contributed by atoms with Crippen LogP contribution in [0.15, 0.2) is 54.1 Å². The zero-order valence-corrected chi connectivity index (χ0v) is 23.0. The summed E-state index contributed by atoms with van der Waals surface area (Å²) in [6.07, 6.45) is 1.65. The molecule has 9 nitrogen and oxygen atoms in total. The number of hydrogen-bond donors (Lipinski definition) is 1. The minimum atomic E-state index is -0.999. The van der Waals surface area contributed by atoms with E-state index >= 15 is 0 Å². The average molecular weight is 551 g/mol. The van der Waals surface area contributed by atoms with Crippen LogP contribution in [0.5, 0.6) is 11.5 Å². The molecule has 1 fully saturated rings. The fraction of sp³-hybridized carbons (Fsp3) is 0.310. The Balaban J connectivity index is 1.86. The van der Waals surface area contributed by atoms with Crippen molar-refractivity contribution in [1.29, 1.82) is 0 Å². The Morgan fingerprint density at radius 1 is 1.03 bits per heavy atom. The van der Waals surface area contributed by atoms with E-state index in [1.807, 2.05) is 13.8 Å². The Bertz CT molecular complexity index is 1410. The van der Waals surface area contributed by atoms with E-state index in [0.717, 1.165) is 24.2 Å². The zero-order chi connectivity index (χ0) is 28.1. The normalized spacial score (nSPS) is 16.4. The molecule has 1 aliphatic rings. The molecule has 1 atom stereocenters. The molecule has 10 heteroatoms. The van der Waals surface area contributed by atoms with Crippen molar-refractivity contribution in [1.82, 2.24) is 4.98 Å². The number of rotatable bonds is 10. The van der Waals surface area contributed by atoms with Crippen molar-refractivity contribution >= 4 is 39.9 Å². The summed E-state index contributed by atoms with van der Waals surface area (Å²) >= 11 is 0.947. The summed E-state index contributed by atoms with van der Waals surface area (Å²) in [5.41, 5.74) is 1.17. The predicted molar refractivity (Wildman–Crippen MR) is 147 cm³/mol. The van der Waals surface area contributed by atoms with Gasteiger partial charge in [0.05, 0.1) is 37.6 Å². The summed E-state index contributed by atoms with van der Waals surface area (Å²) in [7, 11) is 1.26. The van der Waals surface area contributed by atoms with Crippen molar-refractivity contribution in [2.24, 2.45) is 0 Å². The number of aliphatic hydroxyl groups excluding tert-OH is 1. The number of Topliss-reactive ketones (excluding diaryl/α,β-unsaturated/α-hetero) is 1. The second kappa shape index (κ2) is 12.1. The summed E-state index contributed by atoms with van der Waals surface area (Å²) in [5, 5.41) is 11.6. The number of carbonyl (C=O) groups excluding carboxylic acids is 3. The third-order valence-electron chi connectivity index (χ3n) is 6.06. The van der Waals surface area contributed by atoms with E-state index in [9.17, 15) is 19.5 Å². The van der Waals surface area contributed by atoms with Crippen LogP contribution in [0.2, 0.25) is 0 Å². The number of aryl methyl sites for hydroxylation is 1. The third kappa shape index (κ3) is 5.65. The number of ketones is 1. The number of nitrogens with zero attached hydrogens (tertiary/aromatic N) is 2. The van der Waals surface area contributed by atoms with Crippen LogP contribution >= 0.6 is 11.3 Å². The molecule has 1 aromatic heterocycles. The van der Waals surface area contributed by atoms with Crippen LogP contribution in [0.25, 0.3) is 5.76 Å². The molecule has 1 N–H and O–H groups in total. The Morgan fingerprint density at radius 2 is 1.69 bits per heavy atom. The Morgan fingerprint density at radius 3 is 2.33 bits per heavy atom. The summed E-state index contributed by atoms with van der Waals surface area (Å²) in [4.78, 5) is 45.0. The minimum absolute atomic E-state index is 0.0951. The second-order valence-corrected chi connectivity index (χ2v) is 9.84. The molecular weight excluding hydrogens is 520 g/mol. The lowest BCUT2D eigenvalue weighted by atomic mass is 9.95. The van der Waals surface area contributed by atoms with Crippen molar-refractivity contribution in [3.8, 4) is 11.5 Å². The number of carbonyl (C=O) groups is 3. The zero-order valence-electron chi connectivity index (χ0n) is 22.2. The highest BCUT2D eigenvalue weighted by molar-refractivity contribution is 7.17. The molecule has 204 valence electrons. The first kappa shape index (κ1) is 27.8. The van der Waals surface area contributed by atoms with Gasteiger partial charge in [0.1, 0.15) is 22.1 Å². The summed E-state index contributed by atoms with van der Waals surface area (Å²) in [5.74, 6) is -1.49. The van der Waals surface area contributed by atoms with Crippen molar-refractivity contribution in [3.05, 3.63) is 75.8 Å². The Kier molecular flexibility index (Phi) is 8.65. The monoisotopic (exact) mass is 550 g/mol. The van der Waals surface area contributed by atoms with Gasteiger partial charge in [-0.15, -0.1) is 0 Å². The maximum atomic E-state index is 13.5. The number of hydrogen-bond acceptors (Lipinski definition) is 9. The lowest BCUT2D eigenvalue weighted by Gasteiger charge is -2.23. The van der Waals surface area contributed by atoms with Gasteiger partial charge in [-0.05, 0) is 49.6 Å². The van der Waals surface area contributed by atoms with Crippen LogP contribution in [0.4, 0.5) is 5.13 Å². The molecule has 1 aliphatic heterocycles. The quantitative estimate of drug-likeness (QED) is 0.154.